The molecule has 0 aliphatic carbocycles. The van der Waals surface area contributed by atoms with Crippen molar-refractivity contribution in [3.63, 3.8) is 0 Å². The van der Waals surface area contributed by atoms with E-state index in [1.54, 1.807) is 6.92 Å². The van der Waals surface area contributed by atoms with E-state index in [-0.39, 0.29) is 6.61 Å². The molecular weight excluding hydrogens is 164 g/mol. The van der Waals surface area contributed by atoms with Gasteiger partial charge in [-0.3, -0.25) is 0 Å². The summed E-state index contributed by atoms with van der Waals surface area (Å²) in [4.78, 5) is 0. The Morgan fingerprint density at radius 1 is 1.31 bits per heavy atom. The van der Waals surface area contributed by atoms with Crippen molar-refractivity contribution >= 4 is 0 Å². The van der Waals surface area contributed by atoms with E-state index in [0.29, 0.717) is 6.61 Å². The van der Waals surface area contributed by atoms with E-state index in [2.05, 4.69) is 11.8 Å². The average molecular weight is 176 g/mol. The molecule has 2 nitrogen and oxygen atoms in total. The minimum Gasteiger partial charge on any atom is -0.491 e. The van der Waals surface area contributed by atoms with Gasteiger partial charge in [0.15, 0.2) is 0 Å². The molecule has 2 heteroatoms. The topological polar surface area (TPSA) is 29.5 Å². The molecule has 1 aromatic rings. The lowest BCUT2D eigenvalue weighted by Crippen LogP contribution is -2.01. The highest BCUT2D eigenvalue weighted by molar-refractivity contribution is 5.37. The van der Waals surface area contributed by atoms with E-state index in [4.69, 9.17) is 9.84 Å². The molecule has 0 atom stereocenters. The van der Waals surface area contributed by atoms with Gasteiger partial charge in [0.25, 0.3) is 0 Å². The summed E-state index contributed by atoms with van der Waals surface area (Å²) < 4.78 is 5.19. The van der Waals surface area contributed by atoms with Gasteiger partial charge in [-0.1, -0.05) is 5.92 Å². The van der Waals surface area contributed by atoms with E-state index in [9.17, 15) is 0 Å². The van der Waals surface area contributed by atoms with Crippen LogP contribution in [0.2, 0.25) is 0 Å². The number of ether oxygens (including phenoxy) is 1. The molecule has 0 spiro atoms. The number of rotatable bonds is 3. The molecule has 1 aromatic carbocycles. The maximum atomic E-state index is 8.52. The fourth-order valence-corrected chi connectivity index (χ4v) is 0.942. The van der Waals surface area contributed by atoms with Crippen LogP contribution in [0.25, 0.3) is 0 Å². The van der Waals surface area contributed by atoms with Gasteiger partial charge in [0.2, 0.25) is 0 Å². The van der Waals surface area contributed by atoms with E-state index in [1.165, 1.54) is 0 Å². The SMILES string of the molecule is CC#Cc1ccc(OCCO)cc1. The normalized spacial score (nSPS) is 8.77. The van der Waals surface area contributed by atoms with Gasteiger partial charge in [0.05, 0.1) is 6.61 Å². The Balaban J connectivity index is 2.62. The summed E-state index contributed by atoms with van der Waals surface area (Å²) >= 11 is 0. The summed E-state index contributed by atoms with van der Waals surface area (Å²) in [5.74, 6) is 6.51. The van der Waals surface area contributed by atoms with Crippen LogP contribution in [-0.4, -0.2) is 18.3 Å². The molecule has 0 amide bonds. The monoisotopic (exact) mass is 176 g/mol. The van der Waals surface area contributed by atoms with Crippen molar-refractivity contribution in [3.05, 3.63) is 29.8 Å². The second-order valence-corrected chi connectivity index (χ2v) is 2.47. The van der Waals surface area contributed by atoms with E-state index >= 15 is 0 Å². The molecular formula is C11H12O2. The third kappa shape index (κ3) is 3.18. The summed E-state index contributed by atoms with van der Waals surface area (Å²) in [6.07, 6.45) is 0. The van der Waals surface area contributed by atoms with Crippen LogP contribution in [-0.2, 0) is 0 Å². The Kier molecular flexibility index (Phi) is 3.87. The van der Waals surface area contributed by atoms with Gasteiger partial charge < -0.3 is 9.84 Å². The van der Waals surface area contributed by atoms with Gasteiger partial charge in [-0.15, -0.1) is 5.92 Å². The fourth-order valence-electron chi connectivity index (χ4n) is 0.942. The second kappa shape index (κ2) is 5.23. The first kappa shape index (κ1) is 9.63. The predicted molar refractivity (Wildman–Crippen MR) is 51.6 cm³/mol. The number of aliphatic hydroxyl groups excluding tert-OH is 1. The van der Waals surface area contributed by atoms with Gasteiger partial charge in [-0.25, -0.2) is 0 Å². The molecule has 0 aliphatic rings. The zero-order chi connectivity index (χ0) is 9.52. The first-order chi connectivity index (χ1) is 6.36. The maximum absolute atomic E-state index is 8.52. The molecule has 0 aromatic heterocycles. The van der Waals surface area contributed by atoms with Crippen LogP contribution in [0.1, 0.15) is 12.5 Å². The van der Waals surface area contributed by atoms with Crippen molar-refractivity contribution < 1.29 is 9.84 Å². The quantitative estimate of drug-likeness (QED) is 0.706. The van der Waals surface area contributed by atoms with Crippen molar-refractivity contribution in [2.24, 2.45) is 0 Å². The zero-order valence-electron chi connectivity index (χ0n) is 7.58. The molecule has 1 rings (SSSR count). The molecule has 0 radical (unpaired) electrons. The third-order valence-corrected chi connectivity index (χ3v) is 1.48. The Labute approximate surface area is 78.2 Å². The lowest BCUT2D eigenvalue weighted by molar-refractivity contribution is 0.201. The van der Waals surface area contributed by atoms with Crippen LogP contribution in [0, 0.1) is 11.8 Å². The lowest BCUT2D eigenvalue weighted by Gasteiger charge is -2.02. The molecule has 0 bridgehead atoms. The molecule has 1 N–H and O–H groups in total. The first-order valence-corrected chi connectivity index (χ1v) is 4.13. The van der Waals surface area contributed by atoms with Crippen molar-refractivity contribution in [2.75, 3.05) is 13.2 Å². The third-order valence-electron chi connectivity index (χ3n) is 1.48. The summed E-state index contributed by atoms with van der Waals surface area (Å²) in [5.41, 5.74) is 0.971. The maximum Gasteiger partial charge on any atom is 0.119 e. The van der Waals surface area contributed by atoms with Crippen molar-refractivity contribution in [1.29, 1.82) is 0 Å². The van der Waals surface area contributed by atoms with Crippen molar-refractivity contribution in [3.8, 4) is 17.6 Å². The Hall–Kier alpha value is -1.46. The molecule has 0 saturated heterocycles. The Bertz CT molecular complexity index is 303. The van der Waals surface area contributed by atoms with Gasteiger partial charge in [0, 0.05) is 5.56 Å². The average Bonchev–Trinajstić information content (AvgIpc) is 2.17. The van der Waals surface area contributed by atoms with Gasteiger partial charge >= 0.3 is 0 Å². The van der Waals surface area contributed by atoms with Crippen LogP contribution < -0.4 is 4.74 Å². The molecule has 0 aliphatic heterocycles. The lowest BCUT2D eigenvalue weighted by atomic mass is 10.2. The van der Waals surface area contributed by atoms with Gasteiger partial charge in [-0.2, -0.15) is 0 Å². The van der Waals surface area contributed by atoms with Gasteiger partial charge in [0.1, 0.15) is 12.4 Å². The Morgan fingerprint density at radius 2 is 2.00 bits per heavy atom. The molecule has 0 heterocycles. The molecule has 13 heavy (non-hydrogen) atoms. The van der Waals surface area contributed by atoms with Crippen molar-refractivity contribution in [2.45, 2.75) is 6.92 Å². The zero-order valence-corrected chi connectivity index (χ0v) is 7.58. The van der Waals surface area contributed by atoms with E-state index in [0.717, 1.165) is 11.3 Å². The number of aliphatic hydroxyl groups is 1. The largest absolute Gasteiger partial charge is 0.491 e. The Morgan fingerprint density at radius 3 is 2.54 bits per heavy atom. The molecule has 0 saturated carbocycles. The predicted octanol–water partition coefficient (Wildman–Crippen LogP) is 1.43. The van der Waals surface area contributed by atoms with Crippen LogP contribution in [0.15, 0.2) is 24.3 Å². The van der Waals surface area contributed by atoms with Crippen molar-refractivity contribution in [1.82, 2.24) is 0 Å². The highest BCUT2D eigenvalue weighted by atomic mass is 16.5. The fraction of sp³-hybridized carbons (Fsp3) is 0.273. The number of hydrogen-bond acceptors (Lipinski definition) is 2. The van der Waals surface area contributed by atoms with E-state index in [1.807, 2.05) is 24.3 Å². The van der Waals surface area contributed by atoms with E-state index < -0.39 is 0 Å². The summed E-state index contributed by atoms with van der Waals surface area (Å²) in [7, 11) is 0. The second-order valence-electron chi connectivity index (χ2n) is 2.47. The smallest absolute Gasteiger partial charge is 0.119 e. The van der Waals surface area contributed by atoms with Crippen LogP contribution in [0.4, 0.5) is 0 Å². The first-order valence-electron chi connectivity index (χ1n) is 4.13. The molecule has 0 fully saturated rings. The molecule has 0 unspecified atom stereocenters. The minimum atomic E-state index is 0.0382. The number of hydrogen-bond donors (Lipinski definition) is 1. The minimum absolute atomic E-state index is 0.0382. The van der Waals surface area contributed by atoms with Crippen LogP contribution in [0.3, 0.4) is 0 Å². The highest BCUT2D eigenvalue weighted by Gasteiger charge is 1.91. The summed E-state index contributed by atoms with van der Waals surface area (Å²) in [6.45, 7) is 2.17. The summed E-state index contributed by atoms with van der Waals surface area (Å²) in [5, 5.41) is 8.52. The standard InChI is InChI=1S/C11H12O2/c1-2-3-10-4-6-11(7-5-10)13-9-8-12/h4-7,12H,8-9H2,1H3. The summed E-state index contributed by atoms with van der Waals surface area (Å²) in [6, 6.07) is 7.47. The van der Waals surface area contributed by atoms with Crippen LogP contribution in [0.5, 0.6) is 5.75 Å². The number of benzene rings is 1. The van der Waals surface area contributed by atoms with Gasteiger partial charge in [-0.05, 0) is 31.2 Å². The molecule has 68 valence electrons. The highest BCUT2D eigenvalue weighted by Crippen LogP contribution is 2.10. The van der Waals surface area contributed by atoms with Crippen LogP contribution >= 0.6 is 0 Å².